The van der Waals surface area contributed by atoms with Crippen LogP contribution in [0, 0.1) is 0 Å². The molecule has 0 heterocycles. The Hall–Kier alpha value is -1.67. The van der Waals surface area contributed by atoms with Crippen LogP contribution in [0.3, 0.4) is 0 Å². The Labute approximate surface area is 99.3 Å². The van der Waals surface area contributed by atoms with E-state index >= 15 is 0 Å². The molecule has 0 N–H and O–H groups in total. The van der Waals surface area contributed by atoms with Gasteiger partial charge < -0.3 is 4.74 Å². The molecule has 3 nitrogen and oxygen atoms in total. The lowest BCUT2D eigenvalue weighted by Crippen LogP contribution is -2.06. The van der Waals surface area contributed by atoms with Crippen molar-refractivity contribution in [2.45, 2.75) is 31.5 Å². The van der Waals surface area contributed by atoms with Crippen LogP contribution in [0.1, 0.15) is 37.1 Å². The van der Waals surface area contributed by atoms with Crippen LogP contribution in [0.4, 0.5) is 4.39 Å². The van der Waals surface area contributed by atoms with E-state index in [9.17, 15) is 9.18 Å². The first-order valence-corrected chi connectivity index (χ1v) is 5.54. The zero-order valence-corrected chi connectivity index (χ0v) is 9.87. The van der Waals surface area contributed by atoms with E-state index in [4.69, 9.17) is 4.74 Å². The van der Waals surface area contributed by atoms with Gasteiger partial charge >= 0.3 is 0 Å². The highest BCUT2D eigenvalue weighted by atomic mass is 19.1. The first-order chi connectivity index (χ1) is 8.13. The number of ether oxygens (including phenoxy) is 1. The van der Waals surface area contributed by atoms with Crippen LogP contribution in [-0.2, 0) is 10.3 Å². The van der Waals surface area contributed by atoms with Gasteiger partial charge in [-0.1, -0.05) is 6.07 Å². The number of aliphatic imine (C=N–C) groups is 1. The molecular weight excluding hydrogens is 221 g/mol. The van der Waals surface area contributed by atoms with Crippen LogP contribution in [0.15, 0.2) is 23.2 Å². The summed E-state index contributed by atoms with van der Waals surface area (Å²) in [6.45, 7) is 1.48. The van der Waals surface area contributed by atoms with E-state index in [0.29, 0.717) is 11.3 Å². The zero-order chi connectivity index (χ0) is 12.5. The van der Waals surface area contributed by atoms with Crippen LogP contribution in [0.5, 0.6) is 5.75 Å². The van der Waals surface area contributed by atoms with Crippen molar-refractivity contribution in [2.75, 3.05) is 7.11 Å². The molecule has 1 fully saturated rings. The number of rotatable bonds is 4. The van der Waals surface area contributed by atoms with Gasteiger partial charge in [0.15, 0.2) is 0 Å². The monoisotopic (exact) mass is 235 g/mol. The second kappa shape index (κ2) is 4.30. The minimum Gasteiger partial charge on any atom is -0.496 e. The number of isocyanates is 1. The smallest absolute Gasteiger partial charge is 0.235 e. The lowest BCUT2D eigenvalue weighted by molar-refractivity contribution is 0.371. The Balaban J connectivity index is 2.50. The number of alkyl halides is 1. The number of benzene rings is 1. The van der Waals surface area contributed by atoms with Gasteiger partial charge in [-0.3, -0.25) is 0 Å². The van der Waals surface area contributed by atoms with Gasteiger partial charge in [0.05, 0.1) is 7.11 Å². The molecule has 1 aliphatic carbocycles. The number of carbonyl (C=O) groups excluding carboxylic acids is 1. The molecule has 1 aromatic rings. The third kappa shape index (κ3) is 2.08. The Bertz CT molecular complexity index is 474. The SMILES string of the molecule is COc1ccc(C(C)F)cc1C1(N=C=O)CC1. The van der Waals surface area contributed by atoms with Crippen molar-refractivity contribution in [1.29, 1.82) is 0 Å². The van der Waals surface area contributed by atoms with Gasteiger partial charge in [-0.15, -0.1) is 0 Å². The number of nitrogens with zero attached hydrogens (tertiary/aromatic N) is 1. The average Bonchev–Trinajstić information content (AvgIpc) is 3.09. The third-order valence-corrected chi connectivity index (χ3v) is 3.17. The zero-order valence-electron chi connectivity index (χ0n) is 9.87. The summed E-state index contributed by atoms with van der Waals surface area (Å²) in [5.74, 6) is 0.644. The summed E-state index contributed by atoms with van der Waals surface area (Å²) < 4.78 is 18.5. The predicted octanol–water partition coefficient (Wildman–Crippen LogP) is 3.05. The molecule has 1 atom stereocenters. The van der Waals surface area contributed by atoms with Crippen LogP contribution < -0.4 is 4.74 Å². The third-order valence-electron chi connectivity index (χ3n) is 3.17. The normalized spacial score (nSPS) is 18.1. The maximum atomic E-state index is 13.3. The lowest BCUT2D eigenvalue weighted by Gasteiger charge is -2.15. The highest BCUT2D eigenvalue weighted by Crippen LogP contribution is 2.52. The Kier molecular flexibility index (Phi) is 2.99. The Morgan fingerprint density at radius 2 is 2.24 bits per heavy atom. The molecular formula is C13H14FNO2. The fourth-order valence-electron chi connectivity index (χ4n) is 1.98. The maximum absolute atomic E-state index is 13.3. The fourth-order valence-corrected chi connectivity index (χ4v) is 1.98. The van der Waals surface area contributed by atoms with E-state index in [-0.39, 0.29) is 0 Å². The maximum Gasteiger partial charge on any atom is 0.235 e. The molecule has 1 aliphatic rings. The number of halogens is 1. The predicted molar refractivity (Wildman–Crippen MR) is 61.6 cm³/mol. The van der Waals surface area contributed by atoms with Gasteiger partial charge in [0.1, 0.15) is 17.5 Å². The summed E-state index contributed by atoms with van der Waals surface area (Å²) in [6, 6.07) is 5.15. The van der Waals surface area contributed by atoms with Crippen LogP contribution >= 0.6 is 0 Å². The molecule has 0 aromatic heterocycles. The van der Waals surface area contributed by atoms with Crippen molar-refractivity contribution < 1.29 is 13.9 Å². The summed E-state index contributed by atoms with van der Waals surface area (Å²) >= 11 is 0. The quantitative estimate of drug-likeness (QED) is 0.594. The first kappa shape index (κ1) is 11.8. The highest BCUT2D eigenvalue weighted by Gasteiger charge is 2.47. The van der Waals surface area contributed by atoms with E-state index in [1.807, 2.05) is 0 Å². The van der Waals surface area contributed by atoms with Crippen molar-refractivity contribution in [2.24, 2.45) is 4.99 Å². The highest BCUT2D eigenvalue weighted by molar-refractivity contribution is 5.49. The Morgan fingerprint density at radius 1 is 1.53 bits per heavy atom. The van der Waals surface area contributed by atoms with Gasteiger partial charge in [-0.25, -0.2) is 9.18 Å². The molecule has 1 aromatic carbocycles. The minimum atomic E-state index is -1.05. The first-order valence-electron chi connectivity index (χ1n) is 5.54. The Morgan fingerprint density at radius 3 is 2.71 bits per heavy atom. The molecule has 17 heavy (non-hydrogen) atoms. The van der Waals surface area contributed by atoms with Gasteiger partial charge in [0.2, 0.25) is 6.08 Å². The van der Waals surface area contributed by atoms with Gasteiger partial charge in [0, 0.05) is 5.56 Å². The van der Waals surface area contributed by atoms with Gasteiger partial charge in [-0.05, 0) is 37.5 Å². The van der Waals surface area contributed by atoms with E-state index in [1.54, 1.807) is 31.4 Å². The standard InChI is InChI=1S/C13H14FNO2/c1-9(14)10-3-4-12(17-2)11(7-10)13(5-6-13)15-8-16/h3-4,7,9H,5-6H2,1-2H3. The van der Waals surface area contributed by atoms with Gasteiger partial charge in [-0.2, -0.15) is 4.99 Å². The van der Waals surface area contributed by atoms with Crippen molar-refractivity contribution in [3.8, 4) is 5.75 Å². The van der Waals surface area contributed by atoms with Crippen molar-refractivity contribution in [3.63, 3.8) is 0 Å². The molecule has 1 unspecified atom stereocenters. The van der Waals surface area contributed by atoms with Crippen molar-refractivity contribution >= 4 is 6.08 Å². The van der Waals surface area contributed by atoms with E-state index in [1.165, 1.54) is 6.92 Å². The molecule has 1 saturated carbocycles. The summed E-state index contributed by atoms with van der Waals surface area (Å²) in [5, 5.41) is 0. The number of hydrogen-bond donors (Lipinski definition) is 0. The summed E-state index contributed by atoms with van der Waals surface area (Å²) in [6.07, 6.45) is 2.11. The molecule has 0 amide bonds. The van der Waals surface area contributed by atoms with Crippen LogP contribution in [0.2, 0.25) is 0 Å². The molecule has 0 spiro atoms. The van der Waals surface area contributed by atoms with Crippen molar-refractivity contribution in [3.05, 3.63) is 29.3 Å². The largest absolute Gasteiger partial charge is 0.496 e. The molecule has 4 heteroatoms. The number of hydrogen-bond acceptors (Lipinski definition) is 3. The summed E-state index contributed by atoms with van der Waals surface area (Å²) in [5.41, 5.74) is 0.830. The fraction of sp³-hybridized carbons (Fsp3) is 0.462. The molecule has 0 radical (unpaired) electrons. The molecule has 90 valence electrons. The average molecular weight is 235 g/mol. The summed E-state index contributed by atoms with van der Waals surface area (Å²) in [7, 11) is 1.55. The van der Waals surface area contributed by atoms with Crippen LogP contribution in [0.25, 0.3) is 0 Å². The molecule has 0 saturated heterocycles. The minimum absolute atomic E-state index is 0.530. The molecule has 2 rings (SSSR count). The topological polar surface area (TPSA) is 38.7 Å². The summed E-state index contributed by atoms with van der Waals surface area (Å²) in [4.78, 5) is 14.3. The molecule has 0 aliphatic heterocycles. The second-order valence-corrected chi connectivity index (χ2v) is 4.31. The van der Waals surface area contributed by atoms with E-state index < -0.39 is 11.7 Å². The van der Waals surface area contributed by atoms with E-state index in [0.717, 1.165) is 18.4 Å². The van der Waals surface area contributed by atoms with E-state index in [2.05, 4.69) is 4.99 Å². The van der Waals surface area contributed by atoms with Crippen LogP contribution in [-0.4, -0.2) is 13.2 Å². The second-order valence-electron chi connectivity index (χ2n) is 4.31. The van der Waals surface area contributed by atoms with Crippen molar-refractivity contribution in [1.82, 2.24) is 0 Å². The number of methoxy groups -OCH3 is 1. The van der Waals surface area contributed by atoms with Gasteiger partial charge in [0.25, 0.3) is 0 Å². The lowest BCUT2D eigenvalue weighted by atomic mass is 9.99. The molecule has 0 bridgehead atoms.